The van der Waals surface area contributed by atoms with E-state index in [9.17, 15) is 14.9 Å². The molecular weight excluding hydrogens is 296 g/mol. The van der Waals surface area contributed by atoms with Crippen molar-refractivity contribution in [3.8, 4) is 0 Å². The topological polar surface area (TPSA) is 90.1 Å². The van der Waals surface area contributed by atoms with E-state index in [2.05, 4.69) is 10.3 Å². The lowest BCUT2D eigenvalue weighted by atomic mass is 10.1. The predicted molar refractivity (Wildman–Crippen MR) is 87.4 cm³/mol. The highest BCUT2D eigenvalue weighted by atomic mass is 16.6. The number of fused-ring (bicyclic) bond motifs is 1. The summed E-state index contributed by atoms with van der Waals surface area (Å²) in [6.45, 7) is 0.442. The van der Waals surface area contributed by atoms with E-state index in [0.29, 0.717) is 17.7 Å². The molecule has 0 bridgehead atoms. The van der Waals surface area contributed by atoms with Crippen LogP contribution in [0.25, 0.3) is 10.9 Å². The Morgan fingerprint density at radius 3 is 2.70 bits per heavy atom. The number of nitrogens with zero attached hydrogens (tertiary/aromatic N) is 3. The Morgan fingerprint density at radius 2 is 2.00 bits per heavy atom. The van der Waals surface area contributed by atoms with Crippen molar-refractivity contribution in [3.63, 3.8) is 0 Å². The molecule has 0 aliphatic heterocycles. The molecule has 3 aromatic rings. The fourth-order valence-electron chi connectivity index (χ4n) is 2.33. The van der Waals surface area contributed by atoms with E-state index < -0.39 is 4.92 Å². The van der Waals surface area contributed by atoms with Crippen LogP contribution in [0.2, 0.25) is 0 Å². The van der Waals surface area contributed by atoms with Gasteiger partial charge in [0.25, 0.3) is 11.2 Å². The van der Waals surface area contributed by atoms with Gasteiger partial charge in [-0.3, -0.25) is 14.9 Å². The van der Waals surface area contributed by atoms with Crippen LogP contribution in [0.4, 0.5) is 11.4 Å². The van der Waals surface area contributed by atoms with Gasteiger partial charge in [-0.25, -0.2) is 4.98 Å². The monoisotopic (exact) mass is 310 g/mol. The van der Waals surface area contributed by atoms with Gasteiger partial charge in [0, 0.05) is 19.7 Å². The van der Waals surface area contributed by atoms with E-state index >= 15 is 0 Å². The first-order chi connectivity index (χ1) is 11.1. The summed E-state index contributed by atoms with van der Waals surface area (Å²) in [5.41, 5.74) is 1.31. The Kier molecular flexibility index (Phi) is 3.76. The molecule has 0 aliphatic rings. The highest BCUT2D eigenvalue weighted by Crippen LogP contribution is 2.28. The van der Waals surface area contributed by atoms with Gasteiger partial charge >= 0.3 is 0 Å². The van der Waals surface area contributed by atoms with Crippen LogP contribution in [0, 0.1) is 10.1 Å². The Bertz CT molecular complexity index is 935. The lowest BCUT2D eigenvalue weighted by Crippen LogP contribution is -2.17. The molecule has 0 atom stereocenters. The van der Waals surface area contributed by atoms with E-state index in [-0.39, 0.29) is 16.6 Å². The van der Waals surface area contributed by atoms with Crippen molar-refractivity contribution in [3.05, 3.63) is 74.8 Å². The zero-order chi connectivity index (χ0) is 16.4. The van der Waals surface area contributed by atoms with Crippen LogP contribution < -0.4 is 10.9 Å². The summed E-state index contributed by atoms with van der Waals surface area (Å²) in [6, 6.07) is 12.4. The third kappa shape index (κ3) is 2.89. The second-order valence-corrected chi connectivity index (χ2v) is 5.14. The summed E-state index contributed by atoms with van der Waals surface area (Å²) in [5, 5.41) is 14.6. The van der Waals surface area contributed by atoms with Crippen LogP contribution >= 0.6 is 0 Å². The van der Waals surface area contributed by atoms with Gasteiger partial charge < -0.3 is 9.88 Å². The summed E-state index contributed by atoms with van der Waals surface area (Å²) in [6.07, 6.45) is 1.40. The van der Waals surface area contributed by atoms with Crippen molar-refractivity contribution in [1.29, 1.82) is 0 Å². The Morgan fingerprint density at radius 1 is 1.26 bits per heavy atom. The van der Waals surface area contributed by atoms with Crippen LogP contribution in [-0.2, 0) is 13.6 Å². The molecule has 0 unspecified atom stereocenters. The number of nitrogens with one attached hydrogen (secondary N) is 1. The number of hydrogen-bond donors (Lipinski definition) is 1. The molecule has 2 aromatic carbocycles. The Labute approximate surface area is 131 Å². The maximum Gasteiger partial charge on any atom is 0.293 e. The maximum absolute atomic E-state index is 12.1. The van der Waals surface area contributed by atoms with Crippen molar-refractivity contribution in [2.75, 3.05) is 5.32 Å². The van der Waals surface area contributed by atoms with E-state index in [4.69, 9.17) is 0 Å². The summed E-state index contributed by atoms with van der Waals surface area (Å²) >= 11 is 0. The lowest BCUT2D eigenvalue weighted by Gasteiger charge is -2.09. The molecule has 3 rings (SSSR count). The van der Waals surface area contributed by atoms with Gasteiger partial charge in [-0.1, -0.05) is 30.3 Å². The van der Waals surface area contributed by atoms with E-state index in [1.54, 1.807) is 7.05 Å². The van der Waals surface area contributed by atoms with Crippen LogP contribution in [0.15, 0.2) is 53.6 Å². The van der Waals surface area contributed by atoms with Gasteiger partial charge in [0.15, 0.2) is 0 Å². The van der Waals surface area contributed by atoms with E-state index in [0.717, 1.165) is 5.56 Å². The molecule has 1 N–H and O–H groups in total. The molecule has 0 saturated heterocycles. The van der Waals surface area contributed by atoms with Gasteiger partial charge in [0.1, 0.15) is 5.69 Å². The van der Waals surface area contributed by atoms with Gasteiger partial charge in [-0.15, -0.1) is 0 Å². The standard InChI is InChI=1S/C16H14N4O3/c1-19-10-18-13-8-14(17-9-11-5-3-2-4-6-11)15(20(22)23)7-12(13)16(19)21/h2-8,10,17H,9H2,1H3. The third-order valence-corrected chi connectivity index (χ3v) is 3.56. The normalized spacial score (nSPS) is 10.7. The molecule has 23 heavy (non-hydrogen) atoms. The van der Waals surface area contributed by atoms with Crippen LogP contribution in [0.5, 0.6) is 0 Å². The number of benzene rings is 2. The van der Waals surface area contributed by atoms with Crippen molar-refractivity contribution >= 4 is 22.3 Å². The predicted octanol–water partition coefficient (Wildman–Crippen LogP) is 2.45. The van der Waals surface area contributed by atoms with Gasteiger partial charge in [-0.05, 0) is 11.6 Å². The fraction of sp³-hybridized carbons (Fsp3) is 0.125. The number of nitro benzene ring substituents is 1. The average molecular weight is 310 g/mol. The largest absolute Gasteiger partial charge is 0.375 e. The first-order valence-electron chi connectivity index (χ1n) is 6.98. The number of aromatic nitrogens is 2. The Balaban J connectivity index is 2.05. The first kappa shape index (κ1) is 14.7. The molecule has 7 nitrogen and oxygen atoms in total. The molecule has 0 fully saturated rings. The third-order valence-electron chi connectivity index (χ3n) is 3.56. The van der Waals surface area contributed by atoms with Gasteiger partial charge in [-0.2, -0.15) is 0 Å². The minimum atomic E-state index is -0.501. The molecule has 0 spiro atoms. The molecule has 0 saturated carbocycles. The fourth-order valence-corrected chi connectivity index (χ4v) is 2.33. The number of hydrogen-bond acceptors (Lipinski definition) is 5. The molecule has 116 valence electrons. The van der Waals surface area contributed by atoms with Gasteiger partial charge in [0.05, 0.1) is 22.2 Å². The number of nitro groups is 1. The SMILES string of the molecule is Cn1cnc2cc(NCc3ccccc3)c([N+](=O)[O-])cc2c1=O. The molecule has 1 heterocycles. The summed E-state index contributed by atoms with van der Waals surface area (Å²) < 4.78 is 1.29. The van der Waals surface area contributed by atoms with Crippen LogP contribution in [-0.4, -0.2) is 14.5 Å². The van der Waals surface area contributed by atoms with Crippen molar-refractivity contribution in [2.45, 2.75) is 6.54 Å². The van der Waals surface area contributed by atoms with Gasteiger partial charge in [0.2, 0.25) is 0 Å². The molecule has 7 heteroatoms. The highest BCUT2D eigenvalue weighted by molar-refractivity contribution is 5.86. The second-order valence-electron chi connectivity index (χ2n) is 5.14. The minimum absolute atomic E-state index is 0.140. The molecule has 0 aliphatic carbocycles. The zero-order valence-electron chi connectivity index (χ0n) is 12.4. The Hall–Kier alpha value is -3.22. The highest BCUT2D eigenvalue weighted by Gasteiger charge is 2.17. The first-order valence-corrected chi connectivity index (χ1v) is 6.98. The maximum atomic E-state index is 12.1. The average Bonchev–Trinajstić information content (AvgIpc) is 2.56. The quantitative estimate of drug-likeness (QED) is 0.590. The molecule has 1 aromatic heterocycles. The lowest BCUT2D eigenvalue weighted by molar-refractivity contribution is -0.383. The smallest absolute Gasteiger partial charge is 0.293 e. The van der Waals surface area contributed by atoms with Crippen molar-refractivity contribution in [2.24, 2.45) is 7.05 Å². The van der Waals surface area contributed by atoms with Crippen LogP contribution in [0.3, 0.4) is 0 Å². The summed E-state index contributed by atoms with van der Waals surface area (Å²) in [4.78, 5) is 27.0. The van der Waals surface area contributed by atoms with E-state index in [1.165, 1.54) is 23.0 Å². The zero-order valence-corrected chi connectivity index (χ0v) is 12.4. The number of aryl methyl sites for hydroxylation is 1. The number of anilines is 1. The van der Waals surface area contributed by atoms with E-state index in [1.807, 2.05) is 30.3 Å². The summed E-state index contributed by atoms with van der Waals surface area (Å²) in [7, 11) is 1.56. The second kappa shape index (κ2) is 5.88. The van der Waals surface area contributed by atoms with Crippen molar-refractivity contribution < 1.29 is 4.92 Å². The molecule has 0 radical (unpaired) electrons. The minimum Gasteiger partial charge on any atom is -0.375 e. The molecule has 0 amide bonds. The summed E-state index contributed by atoms with van der Waals surface area (Å²) in [5.74, 6) is 0. The number of rotatable bonds is 4. The van der Waals surface area contributed by atoms with Crippen LogP contribution in [0.1, 0.15) is 5.56 Å². The van der Waals surface area contributed by atoms with Crippen molar-refractivity contribution in [1.82, 2.24) is 9.55 Å². The molecular formula is C16H14N4O3.